The minimum absolute atomic E-state index is 0.153. The summed E-state index contributed by atoms with van der Waals surface area (Å²) >= 11 is 0. The molecule has 0 spiro atoms. The molecule has 4 rings (SSSR count). The summed E-state index contributed by atoms with van der Waals surface area (Å²) in [5.41, 5.74) is 5.56. The Hall–Kier alpha value is -3.41. The van der Waals surface area contributed by atoms with E-state index in [1.807, 2.05) is 38.1 Å². The van der Waals surface area contributed by atoms with Gasteiger partial charge in [-0.3, -0.25) is 4.79 Å². The van der Waals surface area contributed by atoms with Crippen LogP contribution in [-0.2, 0) is 11.2 Å². The van der Waals surface area contributed by atoms with E-state index in [2.05, 4.69) is 51.9 Å². The number of carbonyl (C=O) groups excluding carboxylic acids is 1. The number of allylic oxidation sites excluding steroid dienone is 1. The molecule has 1 unspecified atom stereocenters. The summed E-state index contributed by atoms with van der Waals surface area (Å²) in [5.74, 6) is 0.480. The van der Waals surface area contributed by atoms with Crippen molar-refractivity contribution in [2.75, 3.05) is 10.6 Å². The van der Waals surface area contributed by atoms with Gasteiger partial charge in [0.25, 0.3) is 5.91 Å². The van der Waals surface area contributed by atoms with Crippen LogP contribution in [0.2, 0.25) is 0 Å². The Morgan fingerprint density at radius 1 is 1.11 bits per heavy atom. The summed E-state index contributed by atoms with van der Waals surface area (Å²) < 4.78 is 1.76. The Balaban J connectivity index is 1.73. The number of aryl methyl sites for hydroxylation is 2. The minimum Gasteiger partial charge on any atom is -0.328 e. The van der Waals surface area contributed by atoms with Crippen LogP contribution in [0.3, 0.4) is 0 Å². The van der Waals surface area contributed by atoms with Gasteiger partial charge in [-0.2, -0.15) is 10.1 Å². The molecule has 6 nitrogen and oxygen atoms in total. The van der Waals surface area contributed by atoms with E-state index < -0.39 is 0 Å². The monoisotopic (exact) mass is 373 g/mol. The Morgan fingerprint density at radius 3 is 2.50 bits per heavy atom. The maximum absolute atomic E-state index is 13.2. The van der Waals surface area contributed by atoms with E-state index in [0.29, 0.717) is 11.5 Å². The van der Waals surface area contributed by atoms with E-state index in [9.17, 15) is 4.79 Å². The molecular formula is C22H23N5O. The van der Waals surface area contributed by atoms with E-state index in [1.54, 1.807) is 4.68 Å². The van der Waals surface area contributed by atoms with Crippen molar-refractivity contribution in [2.45, 2.75) is 33.2 Å². The SMILES string of the molecule is CCc1ccc(C2C(C(=O)Nc3ccc(C)cc3)=C(C)Nc3ncnn32)cc1. The third-order valence-corrected chi connectivity index (χ3v) is 5.05. The molecule has 2 heterocycles. The van der Waals surface area contributed by atoms with Crippen LogP contribution in [0.5, 0.6) is 0 Å². The van der Waals surface area contributed by atoms with E-state index in [-0.39, 0.29) is 11.9 Å². The fraction of sp³-hybridized carbons (Fsp3) is 0.227. The van der Waals surface area contributed by atoms with Gasteiger partial charge in [0.2, 0.25) is 5.95 Å². The molecule has 0 saturated heterocycles. The molecule has 6 heteroatoms. The zero-order valence-electron chi connectivity index (χ0n) is 16.2. The highest BCUT2D eigenvalue weighted by atomic mass is 16.1. The molecule has 142 valence electrons. The van der Waals surface area contributed by atoms with Gasteiger partial charge < -0.3 is 10.6 Å². The van der Waals surface area contributed by atoms with Gasteiger partial charge in [0.1, 0.15) is 12.4 Å². The summed E-state index contributed by atoms with van der Waals surface area (Å²) in [7, 11) is 0. The first-order valence-corrected chi connectivity index (χ1v) is 9.41. The number of carbonyl (C=O) groups is 1. The van der Waals surface area contributed by atoms with Gasteiger partial charge in [-0.25, -0.2) is 4.68 Å². The van der Waals surface area contributed by atoms with Gasteiger partial charge in [0, 0.05) is 11.4 Å². The number of hydrogen-bond acceptors (Lipinski definition) is 4. The smallest absolute Gasteiger partial charge is 0.255 e. The van der Waals surface area contributed by atoms with Gasteiger partial charge in [0.05, 0.1) is 5.57 Å². The normalized spacial score (nSPS) is 15.8. The summed E-state index contributed by atoms with van der Waals surface area (Å²) in [5, 5.41) is 10.6. The number of hydrogen-bond donors (Lipinski definition) is 2. The highest BCUT2D eigenvalue weighted by Crippen LogP contribution is 2.35. The Labute approximate surface area is 164 Å². The van der Waals surface area contributed by atoms with Crippen LogP contribution in [0.4, 0.5) is 11.6 Å². The molecule has 3 aromatic rings. The number of rotatable bonds is 4. The summed E-state index contributed by atoms with van der Waals surface area (Å²) in [4.78, 5) is 17.5. The van der Waals surface area contributed by atoms with E-state index in [0.717, 1.165) is 28.9 Å². The van der Waals surface area contributed by atoms with Crippen molar-refractivity contribution in [2.24, 2.45) is 0 Å². The number of aromatic nitrogens is 3. The van der Waals surface area contributed by atoms with Crippen LogP contribution in [0.25, 0.3) is 0 Å². The second-order valence-electron chi connectivity index (χ2n) is 7.01. The molecule has 1 amide bonds. The van der Waals surface area contributed by atoms with Crippen LogP contribution in [0.15, 0.2) is 66.1 Å². The molecule has 0 saturated carbocycles. The van der Waals surface area contributed by atoms with Crippen LogP contribution >= 0.6 is 0 Å². The number of amides is 1. The summed E-state index contributed by atoms with van der Waals surface area (Å²) in [6.45, 7) is 6.04. The fourth-order valence-electron chi connectivity index (χ4n) is 3.46. The van der Waals surface area contributed by atoms with Crippen molar-refractivity contribution in [3.63, 3.8) is 0 Å². The highest BCUT2D eigenvalue weighted by molar-refractivity contribution is 6.06. The lowest BCUT2D eigenvalue weighted by Crippen LogP contribution is -2.31. The molecule has 0 bridgehead atoms. The molecule has 0 fully saturated rings. The first kappa shape index (κ1) is 18.0. The Morgan fingerprint density at radius 2 is 1.82 bits per heavy atom. The molecule has 28 heavy (non-hydrogen) atoms. The average Bonchev–Trinajstić information content (AvgIpc) is 3.16. The topological polar surface area (TPSA) is 71.8 Å². The number of anilines is 2. The minimum atomic E-state index is -0.338. The summed E-state index contributed by atoms with van der Waals surface area (Å²) in [6.07, 6.45) is 2.47. The molecular weight excluding hydrogens is 350 g/mol. The average molecular weight is 373 g/mol. The van der Waals surface area contributed by atoms with Gasteiger partial charge >= 0.3 is 0 Å². The van der Waals surface area contributed by atoms with Crippen LogP contribution in [0.1, 0.15) is 36.6 Å². The Kier molecular flexibility index (Phi) is 4.69. The second-order valence-corrected chi connectivity index (χ2v) is 7.01. The van der Waals surface area contributed by atoms with Crippen LogP contribution in [-0.4, -0.2) is 20.7 Å². The quantitative estimate of drug-likeness (QED) is 0.723. The fourth-order valence-corrected chi connectivity index (χ4v) is 3.46. The van der Waals surface area contributed by atoms with Gasteiger partial charge in [-0.1, -0.05) is 48.9 Å². The largest absolute Gasteiger partial charge is 0.328 e. The number of fused-ring (bicyclic) bond motifs is 1. The van der Waals surface area contributed by atoms with E-state index in [4.69, 9.17) is 0 Å². The van der Waals surface area contributed by atoms with E-state index in [1.165, 1.54) is 11.9 Å². The van der Waals surface area contributed by atoms with Gasteiger partial charge in [-0.05, 0) is 43.5 Å². The zero-order chi connectivity index (χ0) is 19.7. The van der Waals surface area contributed by atoms with Crippen molar-refractivity contribution < 1.29 is 4.79 Å². The maximum atomic E-state index is 13.2. The van der Waals surface area contributed by atoms with Gasteiger partial charge in [-0.15, -0.1) is 0 Å². The molecule has 1 atom stereocenters. The van der Waals surface area contributed by atoms with Crippen LogP contribution in [0, 0.1) is 6.92 Å². The number of nitrogens with zero attached hydrogens (tertiary/aromatic N) is 3. The lowest BCUT2D eigenvalue weighted by atomic mass is 9.94. The first-order chi connectivity index (χ1) is 13.6. The number of benzene rings is 2. The zero-order valence-corrected chi connectivity index (χ0v) is 16.2. The standard InChI is InChI=1S/C22H23N5O/c1-4-16-7-9-17(10-8-16)20-19(15(3)25-22-23-13-24-27(20)22)21(28)26-18-11-5-14(2)6-12-18/h5-13,20H,4H2,1-3H3,(H,26,28)(H,23,24,25). The lowest BCUT2D eigenvalue weighted by Gasteiger charge is -2.28. The molecule has 0 aliphatic carbocycles. The van der Waals surface area contributed by atoms with Crippen molar-refractivity contribution in [3.05, 3.63) is 82.8 Å². The molecule has 0 radical (unpaired) electrons. The van der Waals surface area contributed by atoms with Crippen molar-refractivity contribution in [3.8, 4) is 0 Å². The molecule has 1 aliphatic rings. The van der Waals surface area contributed by atoms with Gasteiger partial charge in [0.15, 0.2) is 0 Å². The van der Waals surface area contributed by atoms with Crippen molar-refractivity contribution in [1.82, 2.24) is 14.8 Å². The maximum Gasteiger partial charge on any atom is 0.255 e. The third kappa shape index (κ3) is 3.29. The second kappa shape index (κ2) is 7.31. The predicted molar refractivity (Wildman–Crippen MR) is 110 cm³/mol. The molecule has 1 aromatic heterocycles. The molecule has 1 aliphatic heterocycles. The van der Waals surface area contributed by atoms with Crippen molar-refractivity contribution >= 4 is 17.5 Å². The number of nitrogens with one attached hydrogen (secondary N) is 2. The highest BCUT2D eigenvalue weighted by Gasteiger charge is 2.33. The first-order valence-electron chi connectivity index (χ1n) is 9.41. The van der Waals surface area contributed by atoms with E-state index >= 15 is 0 Å². The third-order valence-electron chi connectivity index (χ3n) is 5.05. The molecule has 2 aromatic carbocycles. The van der Waals surface area contributed by atoms with Crippen LogP contribution < -0.4 is 10.6 Å². The van der Waals surface area contributed by atoms with Crippen molar-refractivity contribution in [1.29, 1.82) is 0 Å². The lowest BCUT2D eigenvalue weighted by molar-refractivity contribution is -0.113. The predicted octanol–water partition coefficient (Wildman–Crippen LogP) is 4.08. The summed E-state index contributed by atoms with van der Waals surface area (Å²) in [6, 6.07) is 15.8. The molecule has 2 N–H and O–H groups in total. The Bertz CT molecular complexity index is 1030.